The summed E-state index contributed by atoms with van der Waals surface area (Å²) in [5, 5.41) is 8.36. The first kappa shape index (κ1) is 12.5. The van der Waals surface area contributed by atoms with E-state index in [0.717, 1.165) is 6.54 Å². The van der Waals surface area contributed by atoms with E-state index < -0.39 is 0 Å². The Kier molecular flexibility index (Phi) is 4.26. The molecule has 1 aromatic rings. The van der Waals surface area contributed by atoms with Crippen LogP contribution in [0.3, 0.4) is 0 Å². The first-order valence-electron chi connectivity index (χ1n) is 7.27. The number of nitrogens with zero attached hydrogens (tertiary/aromatic N) is 2. The van der Waals surface area contributed by atoms with Gasteiger partial charge in [-0.15, -0.1) is 0 Å². The minimum absolute atomic E-state index is 0.662. The molecule has 3 nitrogen and oxygen atoms in total. The molecule has 0 bridgehead atoms. The van der Waals surface area contributed by atoms with Crippen molar-refractivity contribution in [3.8, 4) is 0 Å². The minimum Gasteiger partial charge on any atom is -0.307 e. The van der Waals surface area contributed by atoms with Crippen molar-refractivity contribution < 1.29 is 0 Å². The minimum atomic E-state index is 0.662. The average molecular weight is 265 g/mol. The summed E-state index contributed by atoms with van der Waals surface area (Å²) in [6.45, 7) is 0.935. The van der Waals surface area contributed by atoms with Gasteiger partial charge in [0.2, 0.25) is 0 Å². The van der Waals surface area contributed by atoms with Crippen LogP contribution in [0.1, 0.15) is 50.3 Å². The molecule has 0 amide bonds. The van der Waals surface area contributed by atoms with Crippen molar-refractivity contribution in [1.82, 2.24) is 15.1 Å². The lowest BCUT2D eigenvalue weighted by molar-refractivity contribution is 0.327. The van der Waals surface area contributed by atoms with Gasteiger partial charge in [0.1, 0.15) is 0 Å². The highest BCUT2D eigenvalue weighted by Crippen LogP contribution is 2.27. The third-order valence-corrected chi connectivity index (χ3v) is 5.28. The summed E-state index contributed by atoms with van der Waals surface area (Å²) >= 11 is 2.06. The maximum absolute atomic E-state index is 4.74. The summed E-state index contributed by atoms with van der Waals surface area (Å²) in [4.78, 5) is 0. The van der Waals surface area contributed by atoms with Gasteiger partial charge in [-0.1, -0.05) is 19.3 Å². The second-order valence-corrected chi connectivity index (χ2v) is 6.67. The van der Waals surface area contributed by atoms with Gasteiger partial charge < -0.3 is 5.32 Å². The molecule has 1 aliphatic carbocycles. The average Bonchev–Trinajstić information content (AvgIpc) is 3.09. The zero-order valence-corrected chi connectivity index (χ0v) is 11.8. The Labute approximate surface area is 114 Å². The summed E-state index contributed by atoms with van der Waals surface area (Å²) in [7, 11) is 0. The van der Waals surface area contributed by atoms with E-state index in [9.17, 15) is 0 Å². The van der Waals surface area contributed by atoms with Gasteiger partial charge >= 0.3 is 0 Å². The van der Waals surface area contributed by atoms with Crippen LogP contribution in [0, 0.1) is 0 Å². The predicted molar refractivity (Wildman–Crippen MR) is 76.9 cm³/mol. The molecule has 18 heavy (non-hydrogen) atoms. The second kappa shape index (κ2) is 6.11. The van der Waals surface area contributed by atoms with Gasteiger partial charge in [0.15, 0.2) is 0 Å². The molecular weight excluding hydrogens is 242 g/mol. The molecule has 1 aliphatic heterocycles. The molecule has 4 heteroatoms. The fourth-order valence-corrected chi connectivity index (χ4v) is 4.15. The van der Waals surface area contributed by atoms with Crippen LogP contribution in [-0.4, -0.2) is 27.3 Å². The van der Waals surface area contributed by atoms with Crippen LogP contribution in [0.15, 0.2) is 12.3 Å². The van der Waals surface area contributed by atoms with E-state index in [1.165, 1.54) is 55.7 Å². The van der Waals surface area contributed by atoms with E-state index >= 15 is 0 Å². The quantitative estimate of drug-likeness (QED) is 0.907. The Balaban J connectivity index is 1.52. The van der Waals surface area contributed by atoms with E-state index in [1.54, 1.807) is 0 Å². The van der Waals surface area contributed by atoms with Crippen LogP contribution >= 0.6 is 11.8 Å². The first-order chi connectivity index (χ1) is 8.92. The van der Waals surface area contributed by atoms with Crippen molar-refractivity contribution in [2.75, 3.05) is 11.5 Å². The number of thioether (sulfide) groups is 1. The molecule has 1 saturated carbocycles. The molecule has 100 valence electrons. The summed E-state index contributed by atoms with van der Waals surface area (Å²) in [6, 6.07) is 3.55. The SMILES string of the molecule is c1cn(C2CCCCC2)nc1CNC1CCSC1. The smallest absolute Gasteiger partial charge is 0.0762 e. The molecule has 2 fully saturated rings. The van der Waals surface area contributed by atoms with Crippen molar-refractivity contribution in [1.29, 1.82) is 0 Å². The Morgan fingerprint density at radius 3 is 2.94 bits per heavy atom. The van der Waals surface area contributed by atoms with E-state index in [0.29, 0.717) is 12.1 Å². The predicted octanol–water partition coefficient (Wildman–Crippen LogP) is 2.98. The number of nitrogens with one attached hydrogen (secondary N) is 1. The highest BCUT2D eigenvalue weighted by Gasteiger charge is 2.17. The lowest BCUT2D eigenvalue weighted by atomic mass is 9.96. The van der Waals surface area contributed by atoms with Gasteiger partial charge in [-0.2, -0.15) is 16.9 Å². The van der Waals surface area contributed by atoms with Crippen molar-refractivity contribution in [3.63, 3.8) is 0 Å². The molecule has 1 unspecified atom stereocenters. The maximum Gasteiger partial charge on any atom is 0.0762 e. The molecule has 2 heterocycles. The molecular formula is C14H23N3S. The molecule has 3 rings (SSSR count). The highest BCUT2D eigenvalue weighted by atomic mass is 32.2. The van der Waals surface area contributed by atoms with Gasteiger partial charge in [0.25, 0.3) is 0 Å². The monoisotopic (exact) mass is 265 g/mol. The largest absolute Gasteiger partial charge is 0.307 e. The molecule has 0 radical (unpaired) electrons. The molecule has 1 aromatic heterocycles. The van der Waals surface area contributed by atoms with Gasteiger partial charge in [-0.05, 0) is 31.1 Å². The maximum atomic E-state index is 4.74. The van der Waals surface area contributed by atoms with Crippen molar-refractivity contribution in [2.45, 2.75) is 57.2 Å². The summed E-state index contributed by atoms with van der Waals surface area (Å²) in [5.74, 6) is 2.58. The zero-order chi connectivity index (χ0) is 12.2. The summed E-state index contributed by atoms with van der Waals surface area (Å²) in [5.41, 5.74) is 1.21. The van der Waals surface area contributed by atoms with Crippen LogP contribution in [0.4, 0.5) is 0 Å². The zero-order valence-electron chi connectivity index (χ0n) is 11.0. The molecule has 1 saturated heterocycles. The van der Waals surface area contributed by atoms with Crippen LogP contribution in [-0.2, 0) is 6.54 Å². The first-order valence-corrected chi connectivity index (χ1v) is 8.42. The Morgan fingerprint density at radius 1 is 1.28 bits per heavy atom. The fourth-order valence-electron chi connectivity index (χ4n) is 2.97. The molecule has 0 spiro atoms. The summed E-state index contributed by atoms with van der Waals surface area (Å²) in [6.07, 6.45) is 10.3. The van der Waals surface area contributed by atoms with Gasteiger partial charge in [-0.25, -0.2) is 0 Å². The van der Waals surface area contributed by atoms with Gasteiger partial charge in [0.05, 0.1) is 11.7 Å². The van der Waals surface area contributed by atoms with Crippen LogP contribution in [0.25, 0.3) is 0 Å². The van der Waals surface area contributed by atoms with Crippen LogP contribution in [0.2, 0.25) is 0 Å². The fraction of sp³-hybridized carbons (Fsp3) is 0.786. The van der Waals surface area contributed by atoms with Gasteiger partial charge in [0, 0.05) is 24.5 Å². The van der Waals surface area contributed by atoms with E-state index in [2.05, 4.69) is 34.0 Å². The van der Waals surface area contributed by atoms with Gasteiger partial charge in [-0.3, -0.25) is 4.68 Å². The Hall–Kier alpha value is -0.480. The molecule has 0 aromatic carbocycles. The molecule has 1 atom stereocenters. The number of hydrogen-bond donors (Lipinski definition) is 1. The topological polar surface area (TPSA) is 29.9 Å². The number of rotatable bonds is 4. The van der Waals surface area contributed by atoms with Crippen molar-refractivity contribution >= 4 is 11.8 Å². The van der Waals surface area contributed by atoms with E-state index in [4.69, 9.17) is 5.10 Å². The lowest BCUT2D eigenvalue weighted by Crippen LogP contribution is -2.28. The van der Waals surface area contributed by atoms with Crippen molar-refractivity contribution in [2.24, 2.45) is 0 Å². The lowest BCUT2D eigenvalue weighted by Gasteiger charge is -2.21. The van der Waals surface area contributed by atoms with Crippen molar-refractivity contribution in [3.05, 3.63) is 18.0 Å². The molecule has 2 aliphatic rings. The Bertz CT molecular complexity index is 365. The number of hydrogen-bond acceptors (Lipinski definition) is 3. The molecule has 1 N–H and O–H groups in total. The van der Waals surface area contributed by atoms with E-state index in [1.807, 2.05) is 0 Å². The summed E-state index contributed by atoms with van der Waals surface area (Å²) < 4.78 is 2.21. The van der Waals surface area contributed by atoms with Crippen LogP contribution in [0.5, 0.6) is 0 Å². The normalized spacial score (nSPS) is 25.7. The third kappa shape index (κ3) is 3.09. The standard InChI is InChI=1S/C14H23N3S/c1-2-4-14(5-3-1)17-8-6-12(16-17)10-15-13-7-9-18-11-13/h6,8,13-15H,1-5,7,9-11H2. The van der Waals surface area contributed by atoms with Crippen LogP contribution < -0.4 is 5.32 Å². The highest BCUT2D eigenvalue weighted by molar-refractivity contribution is 7.99. The number of aromatic nitrogens is 2. The Morgan fingerprint density at radius 2 is 2.17 bits per heavy atom. The third-order valence-electron chi connectivity index (χ3n) is 4.11. The van der Waals surface area contributed by atoms with E-state index in [-0.39, 0.29) is 0 Å². The second-order valence-electron chi connectivity index (χ2n) is 5.52.